The maximum absolute atomic E-state index is 13.2. The molecule has 1 aromatic heterocycles. The van der Waals surface area contributed by atoms with Crippen LogP contribution in [0.15, 0.2) is 48.4 Å². The van der Waals surface area contributed by atoms with Gasteiger partial charge in [0.25, 0.3) is 0 Å². The zero-order valence-corrected chi connectivity index (χ0v) is 11.2. The Morgan fingerprint density at radius 1 is 1.67 bits per heavy atom. The fourth-order valence-corrected chi connectivity index (χ4v) is 1.42. The third-order valence-electron chi connectivity index (χ3n) is 2.18. The van der Waals surface area contributed by atoms with Crippen molar-refractivity contribution in [1.29, 1.82) is 0 Å². The van der Waals surface area contributed by atoms with Crippen LogP contribution in [-0.4, -0.2) is 4.98 Å². The lowest BCUT2D eigenvalue weighted by molar-refractivity contribution is 0.389. The maximum Gasteiger partial charge on any atom is 0.219 e. The Hall–Kier alpha value is -1.71. The molecule has 0 radical (unpaired) electrons. The van der Waals surface area contributed by atoms with Gasteiger partial charge in [0.2, 0.25) is 5.88 Å². The number of nitrogens with zero attached hydrogens (tertiary/aromatic N) is 1. The van der Waals surface area contributed by atoms with E-state index in [1.54, 1.807) is 6.07 Å². The molecule has 6 heteroatoms. The molecule has 0 aliphatic carbocycles. The quantitative estimate of drug-likeness (QED) is 0.283. The van der Waals surface area contributed by atoms with Crippen LogP contribution in [0.3, 0.4) is 0 Å². The molecule has 96 valence electrons. The summed E-state index contributed by atoms with van der Waals surface area (Å²) in [5.74, 6) is 4.83. The SMILES string of the molecule is C=C/C(P)=C(/Oc1cc(C)c(NN)cn1)C(=C)F. The number of rotatable bonds is 5. The average Bonchev–Trinajstić information content (AvgIpc) is 2.35. The van der Waals surface area contributed by atoms with E-state index in [-0.39, 0.29) is 11.6 Å². The number of nitrogens with two attached hydrogens (primary N) is 1. The minimum atomic E-state index is -0.694. The van der Waals surface area contributed by atoms with E-state index in [9.17, 15) is 4.39 Å². The summed E-state index contributed by atoms with van der Waals surface area (Å²) in [6.07, 6.45) is 2.95. The predicted molar refractivity (Wildman–Crippen MR) is 74.6 cm³/mol. The monoisotopic (exact) mass is 267 g/mol. The molecule has 0 bridgehead atoms. The van der Waals surface area contributed by atoms with Crippen LogP contribution < -0.4 is 16.0 Å². The Morgan fingerprint density at radius 3 is 2.78 bits per heavy atom. The normalized spacial score (nSPS) is 11.6. The molecular weight excluding hydrogens is 252 g/mol. The van der Waals surface area contributed by atoms with E-state index in [0.717, 1.165) is 5.56 Å². The lowest BCUT2D eigenvalue weighted by Gasteiger charge is -2.11. The number of ether oxygens (including phenoxy) is 1. The largest absolute Gasteiger partial charge is 0.435 e. The summed E-state index contributed by atoms with van der Waals surface area (Å²) in [7, 11) is 2.32. The molecule has 1 rings (SSSR count). The number of nitrogen functional groups attached to an aromatic ring is 1. The Morgan fingerprint density at radius 2 is 2.33 bits per heavy atom. The topological polar surface area (TPSA) is 60.2 Å². The fraction of sp³-hybridized carbons (Fsp3) is 0.0833. The molecule has 3 N–H and O–H groups in total. The zero-order valence-electron chi connectivity index (χ0n) is 10.0. The summed E-state index contributed by atoms with van der Waals surface area (Å²) in [6.45, 7) is 8.57. The number of allylic oxidation sites excluding steroid dienone is 3. The second-order valence-corrected chi connectivity index (χ2v) is 4.10. The van der Waals surface area contributed by atoms with Crippen molar-refractivity contribution in [3.05, 3.63) is 54.0 Å². The molecule has 4 nitrogen and oxygen atoms in total. The van der Waals surface area contributed by atoms with E-state index in [4.69, 9.17) is 10.6 Å². The Bertz CT molecular complexity index is 514. The van der Waals surface area contributed by atoms with E-state index < -0.39 is 5.83 Å². The number of aryl methyl sites for hydroxylation is 1. The van der Waals surface area contributed by atoms with Gasteiger partial charge in [0.15, 0.2) is 11.6 Å². The molecule has 1 unspecified atom stereocenters. The van der Waals surface area contributed by atoms with Crippen molar-refractivity contribution < 1.29 is 9.13 Å². The minimum Gasteiger partial charge on any atom is -0.435 e. The smallest absolute Gasteiger partial charge is 0.219 e. The van der Waals surface area contributed by atoms with Crippen LogP contribution in [0, 0.1) is 6.92 Å². The highest BCUT2D eigenvalue weighted by atomic mass is 31.0. The second kappa shape index (κ2) is 6.28. The van der Waals surface area contributed by atoms with Gasteiger partial charge in [-0.25, -0.2) is 9.37 Å². The van der Waals surface area contributed by atoms with Gasteiger partial charge in [0.1, 0.15) is 0 Å². The van der Waals surface area contributed by atoms with Crippen molar-refractivity contribution in [2.75, 3.05) is 5.43 Å². The first kappa shape index (κ1) is 14.4. The van der Waals surface area contributed by atoms with Gasteiger partial charge in [-0.15, -0.1) is 9.24 Å². The zero-order chi connectivity index (χ0) is 13.7. The average molecular weight is 267 g/mol. The van der Waals surface area contributed by atoms with Crippen LogP contribution in [-0.2, 0) is 0 Å². The number of halogens is 1. The number of aromatic nitrogens is 1. The number of hydrogen-bond donors (Lipinski definition) is 2. The minimum absolute atomic E-state index is 0.0182. The van der Waals surface area contributed by atoms with E-state index in [0.29, 0.717) is 11.0 Å². The standard InChI is InChI=1S/C12H15FN3OP/c1-4-10(18)12(8(3)13)17-11-5-7(2)9(16-14)6-15-11/h4-6,16H,1,3,14,18H2,2H3/b12-10-. The molecule has 18 heavy (non-hydrogen) atoms. The first-order chi connectivity index (χ1) is 8.49. The molecular formula is C12H15FN3OP. The second-order valence-electron chi connectivity index (χ2n) is 3.48. The van der Waals surface area contributed by atoms with Crippen molar-refractivity contribution in [1.82, 2.24) is 4.98 Å². The van der Waals surface area contributed by atoms with Gasteiger partial charge in [0, 0.05) is 11.4 Å². The first-order valence-electron chi connectivity index (χ1n) is 5.07. The summed E-state index contributed by atoms with van der Waals surface area (Å²) < 4.78 is 18.6. The van der Waals surface area contributed by atoms with E-state index >= 15 is 0 Å². The van der Waals surface area contributed by atoms with E-state index in [1.165, 1.54) is 12.3 Å². The van der Waals surface area contributed by atoms with Gasteiger partial charge in [-0.05, 0) is 12.5 Å². The summed E-state index contributed by atoms with van der Waals surface area (Å²) in [4.78, 5) is 4.00. The van der Waals surface area contributed by atoms with Gasteiger partial charge in [0.05, 0.1) is 11.9 Å². The van der Waals surface area contributed by atoms with Gasteiger partial charge in [-0.1, -0.05) is 19.2 Å². The van der Waals surface area contributed by atoms with Crippen molar-refractivity contribution in [2.45, 2.75) is 6.92 Å². The third-order valence-corrected chi connectivity index (χ3v) is 2.67. The molecule has 0 saturated heterocycles. The van der Waals surface area contributed by atoms with Gasteiger partial charge < -0.3 is 10.2 Å². The highest BCUT2D eigenvalue weighted by Crippen LogP contribution is 2.25. The summed E-state index contributed by atoms with van der Waals surface area (Å²) in [5, 5.41) is 0.461. The van der Waals surface area contributed by atoms with Crippen LogP contribution in [0.5, 0.6) is 5.88 Å². The summed E-state index contributed by atoms with van der Waals surface area (Å²) >= 11 is 0. The molecule has 0 spiro atoms. The number of hydrogen-bond acceptors (Lipinski definition) is 4. The van der Waals surface area contributed by atoms with Crippen molar-refractivity contribution in [2.24, 2.45) is 5.84 Å². The lowest BCUT2D eigenvalue weighted by Crippen LogP contribution is -2.09. The molecule has 1 heterocycles. The first-order valence-corrected chi connectivity index (χ1v) is 5.65. The molecule has 0 aliphatic heterocycles. The highest BCUT2D eigenvalue weighted by Gasteiger charge is 2.10. The van der Waals surface area contributed by atoms with Gasteiger partial charge >= 0.3 is 0 Å². The van der Waals surface area contributed by atoms with Crippen LogP contribution >= 0.6 is 9.24 Å². The Balaban J connectivity index is 3.06. The van der Waals surface area contributed by atoms with Crippen molar-refractivity contribution >= 4 is 14.9 Å². The molecule has 0 fully saturated rings. The van der Waals surface area contributed by atoms with E-state index in [2.05, 4.69) is 32.8 Å². The summed E-state index contributed by atoms with van der Waals surface area (Å²) in [6, 6.07) is 1.64. The molecule has 0 amide bonds. The predicted octanol–water partition coefficient (Wildman–Crippen LogP) is 2.81. The van der Waals surface area contributed by atoms with Crippen LogP contribution in [0.25, 0.3) is 0 Å². The van der Waals surface area contributed by atoms with E-state index in [1.807, 2.05) is 6.92 Å². The number of anilines is 1. The Labute approximate surface area is 108 Å². The molecule has 0 aromatic carbocycles. The maximum atomic E-state index is 13.2. The van der Waals surface area contributed by atoms with Gasteiger partial charge in [-0.3, -0.25) is 5.84 Å². The highest BCUT2D eigenvalue weighted by molar-refractivity contribution is 7.23. The fourth-order valence-electron chi connectivity index (χ4n) is 1.21. The lowest BCUT2D eigenvalue weighted by atomic mass is 10.2. The Kier molecular flexibility index (Phi) is 5.01. The van der Waals surface area contributed by atoms with Crippen LogP contribution in [0.4, 0.5) is 10.1 Å². The van der Waals surface area contributed by atoms with Crippen LogP contribution in [0.1, 0.15) is 5.56 Å². The molecule has 0 aliphatic rings. The molecule has 0 saturated carbocycles. The van der Waals surface area contributed by atoms with Crippen molar-refractivity contribution in [3.63, 3.8) is 0 Å². The summed E-state index contributed by atoms with van der Waals surface area (Å²) in [5.41, 5.74) is 3.99. The van der Waals surface area contributed by atoms with Crippen LogP contribution in [0.2, 0.25) is 0 Å². The third kappa shape index (κ3) is 3.39. The molecule has 1 aromatic rings. The number of nitrogens with one attached hydrogen (secondary N) is 1. The molecule has 1 atom stereocenters. The van der Waals surface area contributed by atoms with Crippen molar-refractivity contribution in [3.8, 4) is 5.88 Å². The number of pyridine rings is 1. The van der Waals surface area contributed by atoms with Gasteiger partial charge in [-0.2, -0.15) is 0 Å². The number of hydrazine groups is 1.